The first-order valence-corrected chi connectivity index (χ1v) is 6.73. The molecule has 1 heterocycles. The number of rotatable bonds is 2. The molecule has 0 aliphatic carbocycles. The largest absolute Gasteiger partial charge is 0.416 e. The molecule has 2 aromatic rings. The molecule has 0 atom stereocenters. The van der Waals surface area contributed by atoms with Crippen molar-refractivity contribution in [1.29, 1.82) is 0 Å². The van der Waals surface area contributed by atoms with Crippen LogP contribution >= 0.6 is 11.6 Å². The second-order valence-electron chi connectivity index (χ2n) is 4.76. The number of amides is 1. The molecule has 23 heavy (non-hydrogen) atoms. The summed E-state index contributed by atoms with van der Waals surface area (Å²) in [7, 11) is 0. The second-order valence-corrected chi connectivity index (χ2v) is 5.17. The normalized spacial score (nSPS) is 11.4. The van der Waals surface area contributed by atoms with Crippen LogP contribution < -0.4 is 10.9 Å². The first-order chi connectivity index (χ1) is 10.6. The zero-order chi connectivity index (χ0) is 17.4. The van der Waals surface area contributed by atoms with E-state index in [0.29, 0.717) is 11.9 Å². The molecule has 1 aromatic carbocycles. The Morgan fingerprint density at radius 1 is 1.30 bits per heavy atom. The number of carbonyl (C=O) groups is 1. The average Bonchev–Trinajstić information content (AvgIpc) is 2.38. The van der Waals surface area contributed by atoms with E-state index in [2.05, 4.69) is 15.3 Å². The van der Waals surface area contributed by atoms with Gasteiger partial charge < -0.3 is 10.3 Å². The number of carbonyl (C=O) groups excluding carboxylic acids is 1. The average molecular weight is 346 g/mol. The Morgan fingerprint density at radius 3 is 2.52 bits per heavy atom. The Balaban J connectivity index is 2.40. The van der Waals surface area contributed by atoms with E-state index in [1.54, 1.807) is 6.92 Å². The van der Waals surface area contributed by atoms with Gasteiger partial charge in [-0.05, 0) is 32.0 Å². The van der Waals surface area contributed by atoms with E-state index >= 15 is 0 Å². The Bertz CT molecular complexity index is 831. The standard InChI is InChI=1S/C14H11ClF3N3O2/c1-6-11(12(22)20-7(2)19-6)13(23)21-10-5-8(14(16,17)18)3-4-9(10)15/h3-5H,1-2H3,(H,21,23)(H,19,20,22). The topological polar surface area (TPSA) is 74.8 Å². The number of aromatic nitrogens is 2. The summed E-state index contributed by atoms with van der Waals surface area (Å²) in [6, 6.07) is 2.51. The van der Waals surface area contributed by atoms with Gasteiger partial charge >= 0.3 is 6.18 Å². The van der Waals surface area contributed by atoms with Crippen LogP contribution in [0.25, 0.3) is 0 Å². The molecule has 0 saturated heterocycles. The fourth-order valence-electron chi connectivity index (χ4n) is 1.98. The van der Waals surface area contributed by atoms with Crippen molar-refractivity contribution in [3.8, 4) is 0 Å². The van der Waals surface area contributed by atoms with Crippen molar-refractivity contribution < 1.29 is 18.0 Å². The van der Waals surface area contributed by atoms with Crippen LogP contribution in [0.1, 0.15) is 27.4 Å². The number of aromatic amines is 1. The Labute approximate surface area is 133 Å². The summed E-state index contributed by atoms with van der Waals surface area (Å²) in [6.07, 6.45) is -4.58. The van der Waals surface area contributed by atoms with Gasteiger partial charge in [0.1, 0.15) is 11.4 Å². The molecule has 0 saturated carbocycles. The molecule has 0 bridgehead atoms. The Morgan fingerprint density at radius 2 is 1.96 bits per heavy atom. The SMILES string of the molecule is Cc1nc(C)c(C(=O)Nc2cc(C(F)(F)F)ccc2Cl)c(=O)[nH]1. The first-order valence-electron chi connectivity index (χ1n) is 6.35. The van der Waals surface area contributed by atoms with E-state index in [1.807, 2.05) is 0 Å². The van der Waals surface area contributed by atoms with Gasteiger partial charge in [-0.25, -0.2) is 4.98 Å². The number of anilines is 1. The molecule has 122 valence electrons. The minimum atomic E-state index is -4.58. The predicted molar refractivity (Wildman–Crippen MR) is 78.7 cm³/mol. The molecule has 1 aromatic heterocycles. The van der Waals surface area contributed by atoms with Gasteiger partial charge in [0.05, 0.1) is 22.0 Å². The third-order valence-corrected chi connectivity index (χ3v) is 3.32. The lowest BCUT2D eigenvalue weighted by molar-refractivity contribution is -0.137. The van der Waals surface area contributed by atoms with Crippen molar-refractivity contribution in [2.24, 2.45) is 0 Å². The molecule has 0 spiro atoms. The zero-order valence-corrected chi connectivity index (χ0v) is 12.8. The van der Waals surface area contributed by atoms with Crippen LogP contribution in [0.3, 0.4) is 0 Å². The molecule has 0 radical (unpaired) electrons. The summed E-state index contributed by atoms with van der Waals surface area (Å²) in [5.74, 6) is -0.571. The number of hydrogen-bond acceptors (Lipinski definition) is 3. The quantitative estimate of drug-likeness (QED) is 0.876. The van der Waals surface area contributed by atoms with Crippen LogP contribution in [0.5, 0.6) is 0 Å². The molecular weight excluding hydrogens is 335 g/mol. The smallest absolute Gasteiger partial charge is 0.320 e. The van der Waals surface area contributed by atoms with Crippen molar-refractivity contribution >= 4 is 23.2 Å². The molecule has 0 fully saturated rings. The maximum absolute atomic E-state index is 12.7. The van der Waals surface area contributed by atoms with Crippen molar-refractivity contribution in [2.75, 3.05) is 5.32 Å². The summed E-state index contributed by atoms with van der Waals surface area (Å²) >= 11 is 5.80. The number of alkyl halides is 3. The molecule has 0 aliphatic heterocycles. The van der Waals surface area contributed by atoms with Crippen LogP contribution in [0.15, 0.2) is 23.0 Å². The van der Waals surface area contributed by atoms with Crippen LogP contribution in [0, 0.1) is 13.8 Å². The van der Waals surface area contributed by atoms with Gasteiger partial charge in [0, 0.05) is 0 Å². The van der Waals surface area contributed by atoms with E-state index in [-0.39, 0.29) is 22.0 Å². The Hall–Kier alpha value is -2.35. The summed E-state index contributed by atoms with van der Waals surface area (Å²) in [6.45, 7) is 2.99. The van der Waals surface area contributed by atoms with E-state index in [9.17, 15) is 22.8 Å². The van der Waals surface area contributed by atoms with Gasteiger partial charge in [0.15, 0.2) is 0 Å². The van der Waals surface area contributed by atoms with Crippen LogP contribution in [0.4, 0.5) is 18.9 Å². The predicted octanol–water partition coefficient (Wildman–Crippen LogP) is 3.31. The Kier molecular flexibility index (Phi) is 4.46. The lowest BCUT2D eigenvalue weighted by atomic mass is 10.1. The number of nitrogens with zero attached hydrogens (tertiary/aromatic N) is 1. The highest BCUT2D eigenvalue weighted by atomic mass is 35.5. The maximum atomic E-state index is 12.7. The molecule has 5 nitrogen and oxygen atoms in total. The molecule has 0 aliphatic rings. The van der Waals surface area contributed by atoms with Crippen LogP contribution in [-0.4, -0.2) is 15.9 Å². The summed E-state index contributed by atoms with van der Waals surface area (Å²) < 4.78 is 38.1. The number of aryl methyl sites for hydroxylation is 2. The molecule has 9 heteroatoms. The second kappa shape index (κ2) is 6.04. The molecule has 1 amide bonds. The highest BCUT2D eigenvalue weighted by Crippen LogP contribution is 2.33. The summed E-state index contributed by atoms with van der Waals surface area (Å²) in [5.41, 5.74) is -2.03. The highest BCUT2D eigenvalue weighted by Gasteiger charge is 2.31. The summed E-state index contributed by atoms with van der Waals surface area (Å²) in [5, 5.41) is 2.13. The molecule has 2 N–H and O–H groups in total. The van der Waals surface area contributed by atoms with E-state index < -0.39 is 23.2 Å². The fraction of sp³-hybridized carbons (Fsp3) is 0.214. The van der Waals surface area contributed by atoms with Crippen molar-refractivity contribution in [3.63, 3.8) is 0 Å². The first kappa shape index (κ1) is 17.0. The number of nitrogens with one attached hydrogen (secondary N) is 2. The van der Waals surface area contributed by atoms with Gasteiger partial charge in [-0.3, -0.25) is 9.59 Å². The van der Waals surface area contributed by atoms with E-state index in [0.717, 1.165) is 12.1 Å². The van der Waals surface area contributed by atoms with Gasteiger partial charge in [-0.15, -0.1) is 0 Å². The third-order valence-electron chi connectivity index (χ3n) is 2.99. The lowest BCUT2D eigenvalue weighted by Crippen LogP contribution is -2.26. The monoisotopic (exact) mass is 345 g/mol. The van der Waals surface area contributed by atoms with Crippen molar-refractivity contribution in [2.45, 2.75) is 20.0 Å². The molecule has 2 rings (SSSR count). The van der Waals surface area contributed by atoms with Gasteiger partial charge in [-0.2, -0.15) is 13.2 Å². The van der Waals surface area contributed by atoms with Crippen molar-refractivity contribution in [3.05, 3.63) is 56.2 Å². The summed E-state index contributed by atoms with van der Waals surface area (Å²) in [4.78, 5) is 30.3. The minimum Gasteiger partial charge on any atom is -0.320 e. The molecule has 0 unspecified atom stereocenters. The van der Waals surface area contributed by atoms with Gasteiger partial charge in [0.25, 0.3) is 11.5 Å². The maximum Gasteiger partial charge on any atom is 0.416 e. The number of benzene rings is 1. The number of halogens is 4. The molecular formula is C14H11ClF3N3O2. The van der Waals surface area contributed by atoms with Gasteiger partial charge in [0.2, 0.25) is 0 Å². The van der Waals surface area contributed by atoms with E-state index in [4.69, 9.17) is 11.6 Å². The third kappa shape index (κ3) is 3.70. The number of hydrogen-bond donors (Lipinski definition) is 2. The highest BCUT2D eigenvalue weighted by molar-refractivity contribution is 6.34. The van der Waals surface area contributed by atoms with Crippen LogP contribution in [0.2, 0.25) is 5.02 Å². The van der Waals surface area contributed by atoms with Crippen LogP contribution in [-0.2, 0) is 6.18 Å². The lowest BCUT2D eigenvalue weighted by Gasteiger charge is -2.12. The van der Waals surface area contributed by atoms with Gasteiger partial charge in [-0.1, -0.05) is 11.6 Å². The van der Waals surface area contributed by atoms with E-state index in [1.165, 1.54) is 6.92 Å². The zero-order valence-electron chi connectivity index (χ0n) is 12.0. The van der Waals surface area contributed by atoms with Crippen molar-refractivity contribution in [1.82, 2.24) is 9.97 Å². The fourth-order valence-corrected chi connectivity index (χ4v) is 2.14. The number of H-pyrrole nitrogens is 1. The minimum absolute atomic E-state index is 0.0829.